The van der Waals surface area contributed by atoms with Crippen LogP contribution in [0, 0.1) is 13.8 Å². The molecule has 7 nitrogen and oxygen atoms in total. The van der Waals surface area contributed by atoms with E-state index in [0.717, 1.165) is 0 Å². The first-order valence-electron chi connectivity index (χ1n) is 6.85. The van der Waals surface area contributed by atoms with Crippen molar-refractivity contribution in [3.63, 3.8) is 0 Å². The van der Waals surface area contributed by atoms with Gasteiger partial charge in [-0.15, -0.1) is 5.10 Å². The number of halogens is 2. The Morgan fingerprint density at radius 1 is 1.21 bits per heavy atom. The third kappa shape index (κ3) is 2.72. The van der Waals surface area contributed by atoms with Crippen LogP contribution in [0.15, 0.2) is 29.2 Å². The number of ether oxygens (including phenoxy) is 1. The van der Waals surface area contributed by atoms with E-state index in [1.54, 1.807) is 31.3 Å². The van der Waals surface area contributed by atoms with E-state index in [9.17, 15) is 9.90 Å². The Kier molecular flexibility index (Phi) is 4.21. The normalized spacial score (nSPS) is 10.8. The topological polar surface area (TPSA) is 93.0 Å². The molecule has 0 aliphatic rings. The Balaban J connectivity index is 2.13. The molecule has 3 aromatic rings. The first-order valence-corrected chi connectivity index (χ1v) is 7.61. The lowest BCUT2D eigenvalue weighted by atomic mass is 10.2. The Morgan fingerprint density at radius 2 is 1.96 bits per heavy atom. The molecule has 0 aliphatic heterocycles. The largest absolute Gasteiger partial charge is 0.493 e. The molecule has 24 heavy (non-hydrogen) atoms. The van der Waals surface area contributed by atoms with Gasteiger partial charge in [0.2, 0.25) is 11.8 Å². The molecule has 124 valence electrons. The van der Waals surface area contributed by atoms with Gasteiger partial charge in [0.05, 0.1) is 16.3 Å². The van der Waals surface area contributed by atoms with Crippen molar-refractivity contribution in [1.29, 1.82) is 0 Å². The maximum atomic E-state index is 12.4. The average molecular weight is 367 g/mol. The molecule has 2 aromatic heterocycles. The van der Waals surface area contributed by atoms with Gasteiger partial charge in [-0.05, 0) is 26.0 Å². The van der Waals surface area contributed by atoms with Gasteiger partial charge in [-0.2, -0.15) is 4.98 Å². The molecule has 0 radical (unpaired) electrons. The summed E-state index contributed by atoms with van der Waals surface area (Å²) < 4.78 is 6.80. The number of aromatic amines is 1. The third-order valence-corrected chi connectivity index (χ3v) is 4.26. The van der Waals surface area contributed by atoms with Crippen molar-refractivity contribution >= 4 is 23.2 Å². The second-order valence-electron chi connectivity index (χ2n) is 4.97. The summed E-state index contributed by atoms with van der Waals surface area (Å²) in [6, 6.07) is 4.79. The van der Waals surface area contributed by atoms with Crippen LogP contribution in [0.4, 0.5) is 0 Å². The van der Waals surface area contributed by atoms with Crippen LogP contribution in [-0.4, -0.2) is 24.9 Å². The number of hydrogen-bond acceptors (Lipinski definition) is 5. The molecule has 3 rings (SSSR count). The van der Waals surface area contributed by atoms with Crippen molar-refractivity contribution in [2.75, 3.05) is 0 Å². The van der Waals surface area contributed by atoms with Crippen molar-refractivity contribution in [3.05, 3.63) is 56.2 Å². The summed E-state index contributed by atoms with van der Waals surface area (Å²) in [5.74, 6) is 0.597. The highest BCUT2D eigenvalue weighted by Crippen LogP contribution is 2.38. The lowest BCUT2D eigenvalue weighted by Gasteiger charge is -2.15. The van der Waals surface area contributed by atoms with Gasteiger partial charge in [-0.25, -0.2) is 0 Å². The first-order chi connectivity index (χ1) is 11.4. The number of aromatic nitrogens is 4. The highest BCUT2D eigenvalue weighted by Gasteiger charge is 2.18. The van der Waals surface area contributed by atoms with Crippen molar-refractivity contribution in [3.8, 4) is 23.2 Å². The number of aromatic hydroxyl groups is 1. The zero-order valence-corrected chi connectivity index (χ0v) is 14.2. The predicted molar refractivity (Wildman–Crippen MR) is 89.7 cm³/mol. The van der Waals surface area contributed by atoms with Crippen molar-refractivity contribution in [2.24, 2.45) is 0 Å². The molecule has 0 saturated carbocycles. The van der Waals surface area contributed by atoms with Crippen LogP contribution in [-0.2, 0) is 0 Å². The standard InChI is InChI=1S/C15H12Cl2N4O3/c1-7-14(22)19-8(2)21(15(7)23)9-3-4-10(13(17)12(9)16)24-11-5-6-18-20-11/h3-6,22H,1-2H3,(H,18,20). The van der Waals surface area contributed by atoms with Crippen LogP contribution < -0.4 is 10.3 Å². The maximum absolute atomic E-state index is 12.4. The summed E-state index contributed by atoms with van der Waals surface area (Å²) in [6.45, 7) is 3.06. The van der Waals surface area contributed by atoms with Gasteiger partial charge >= 0.3 is 0 Å². The van der Waals surface area contributed by atoms with Crippen molar-refractivity contribution < 1.29 is 9.84 Å². The molecule has 1 aromatic carbocycles. The van der Waals surface area contributed by atoms with E-state index in [-0.39, 0.29) is 27.3 Å². The Morgan fingerprint density at radius 3 is 2.62 bits per heavy atom. The molecule has 0 aliphatic carbocycles. The van der Waals surface area contributed by atoms with E-state index in [0.29, 0.717) is 17.3 Å². The van der Waals surface area contributed by atoms with Gasteiger partial charge in [0, 0.05) is 12.3 Å². The quantitative estimate of drug-likeness (QED) is 0.740. The third-order valence-electron chi connectivity index (χ3n) is 3.41. The van der Waals surface area contributed by atoms with E-state index >= 15 is 0 Å². The monoisotopic (exact) mass is 366 g/mol. The zero-order valence-electron chi connectivity index (χ0n) is 12.7. The lowest BCUT2D eigenvalue weighted by Crippen LogP contribution is -2.24. The number of nitrogens with zero attached hydrogens (tertiary/aromatic N) is 3. The van der Waals surface area contributed by atoms with Gasteiger partial charge in [-0.1, -0.05) is 23.2 Å². The van der Waals surface area contributed by atoms with E-state index in [4.69, 9.17) is 27.9 Å². The SMILES string of the molecule is Cc1c(O)nc(C)n(-c2ccc(Oc3cc[nH]n3)c(Cl)c2Cl)c1=O. The average Bonchev–Trinajstić information content (AvgIpc) is 3.05. The molecule has 0 atom stereocenters. The van der Waals surface area contributed by atoms with Crippen molar-refractivity contribution in [2.45, 2.75) is 13.8 Å². The second kappa shape index (κ2) is 6.18. The highest BCUT2D eigenvalue weighted by atomic mass is 35.5. The summed E-state index contributed by atoms with van der Waals surface area (Å²) in [6.07, 6.45) is 1.60. The molecule has 0 spiro atoms. The van der Waals surface area contributed by atoms with E-state index in [1.165, 1.54) is 11.5 Å². The van der Waals surface area contributed by atoms with Gasteiger partial charge in [-0.3, -0.25) is 14.5 Å². The summed E-state index contributed by atoms with van der Waals surface area (Å²) in [5, 5.41) is 16.4. The molecule has 9 heteroatoms. The molecule has 0 amide bonds. The van der Waals surface area contributed by atoms with Crippen molar-refractivity contribution in [1.82, 2.24) is 19.7 Å². The number of H-pyrrole nitrogens is 1. The van der Waals surface area contributed by atoms with Crippen LogP contribution in [0.3, 0.4) is 0 Å². The highest BCUT2D eigenvalue weighted by molar-refractivity contribution is 6.44. The van der Waals surface area contributed by atoms with E-state index < -0.39 is 5.56 Å². The van der Waals surface area contributed by atoms with Gasteiger partial charge in [0.1, 0.15) is 16.6 Å². The number of aryl methyl sites for hydroxylation is 1. The van der Waals surface area contributed by atoms with Crippen LogP contribution in [0.5, 0.6) is 17.5 Å². The summed E-state index contributed by atoms with van der Waals surface area (Å²) in [5.41, 5.74) is 0.0257. The first kappa shape index (κ1) is 16.4. The molecule has 0 unspecified atom stereocenters. The van der Waals surface area contributed by atoms with Gasteiger partial charge in [0.25, 0.3) is 5.56 Å². The summed E-state index contributed by atoms with van der Waals surface area (Å²) in [4.78, 5) is 16.4. The number of benzene rings is 1. The lowest BCUT2D eigenvalue weighted by molar-refractivity contribution is 0.441. The van der Waals surface area contributed by atoms with Crippen LogP contribution >= 0.6 is 23.2 Å². The van der Waals surface area contributed by atoms with Crippen LogP contribution in [0.2, 0.25) is 10.0 Å². The minimum atomic E-state index is -0.432. The molecule has 0 saturated heterocycles. The fraction of sp³-hybridized carbons (Fsp3) is 0.133. The Hall–Kier alpha value is -2.51. The van der Waals surface area contributed by atoms with E-state index in [2.05, 4.69) is 15.2 Å². The van der Waals surface area contributed by atoms with E-state index in [1.807, 2.05) is 0 Å². The second-order valence-corrected chi connectivity index (χ2v) is 5.73. The number of rotatable bonds is 3. The molecular weight excluding hydrogens is 355 g/mol. The number of nitrogens with one attached hydrogen (secondary N) is 1. The number of hydrogen-bond donors (Lipinski definition) is 2. The zero-order chi connectivity index (χ0) is 17.4. The summed E-state index contributed by atoms with van der Waals surface area (Å²) >= 11 is 12.6. The molecule has 2 N–H and O–H groups in total. The minimum Gasteiger partial charge on any atom is -0.493 e. The molecule has 2 heterocycles. The smallest absolute Gasteiger partial charge is 0.264 e. The summed E-state index contributed by atoms with van der Waals surface area (Å²) in [7, 11) is 0. The predicted octanol–water partition coefficient (Wildman–Crippen LogP) is 3.38. The molecular formula is C15H12Cl2N4O3. The fourth-order valence-corrected chi connectivity index (χ4v) is 2.61. The molecule has 0 bridgehead atoms. The fourth-order valence-electron chi connectivity index (χ4n) is 2.17. The van der Waals surface area contributed by atoms with Gasteiger partial charge in [0.15, 0.2) is 0 Å². The van der Waals surface area contributed by atoms with Gasteiger partial charge < -0.3 is 9.84 Å². The van der Waals surface area contributed by atoms with Crippen LogP contribution in [0.25, 0.3) is 5.69 Å². The Labute approximate surface area is 146 Å². The Bertz CT molecular complexity index is 968. The molecule has 0 fully saturated rings. The van der Waals surface area contributed by atoms with Crippen LogP contribution in [0.1, 0.15) is 11.4 Å². The minimum absolute atomic E-state index is 0.115. The maximum Gasteiger partial charge on any atom is 0.264 e.